The van der Waals surface area contributed by atoms with Crippen LogP contribution in [0.2, 0.25) is 0 Å². The van der Waals surface area contributed by atoms with E-state index in [9.17, 15) is 4.79 Å². The number of carbonyl (C=O) groups is 1. The highest BCUT2D eigenvalue weighted by atomic mass is 16.2. The number of anilines is 1. The molecule has 0 aliphatic carbocycles. The Balaban J connectivity index is 1.49. The number of aromatic nitrogens is 2. The highest BCUT2D eigenvalue weighted by molar-refractivity contribution is 5.94. The average molecular weight is 372 g/mol. The molecule has 1 aromatic carbocycles. The molecule has 28 heavy (non-hydrogen) atoms. The van der Waals surface area contributed by atoms with Crippen LogP contribution in [0.3, 0.4) is 0 Å². The second-order valence-corrected chi connectivity index (χ2v) is 7.38. The van der Waals surface area contributed by atoms with Crippen molar-refractivity contribution in [2.75, 3.05) is 12.3 Å². The van der Waals surface area contributed by atoms with Crippen LogP contribution < -0.4 is 5.73 Å². The lowest BCUT2D eigenvalue weighted by atomic mass is 10.0. The van der Waals surface area contributed by atoms with E-state index in [1.54, 1.807) is 18.3 Å². The van der Waals surface area contributed by atoms with Crippen molar-refractivity contribution in [2.45, 2.75) is 32.2 Å². The van der Waals surface area contributed by atoms with Crippen molar-refractivity contribution in [3.63, 3.8) is 0 Å². The van der Waals surface area contributed by atoms with Crippen LogP contribution in [0.25, 0.3) is 0 Å². The number of pyridine rings is 2. The van der Waals surface area contributed by atoms with Crippen LogP contribution >= 0.6 is 0 Å². The first-order valence-corrected chi connectivity index (χ1v) is 9.63. The fourth-order valence-electron chi connectivity index (χ4n) is 3.69. The van der Waals surface area contributed by atoms with Crippen LogP contribution in [0.5, 0.6) is 0 Å². The Bertz CT molecular complexity index is 949. The maximum absolute atomic E-state index is 12.9. The molecule has 0 bridgehead atoms. The molecular formula is C23H24N4O. The van der Waals surface area contributed by atoms with E-state index >= 15 is 0 Å². The summed E-state index contributed by atoms with van der Waals surface area (Å²) in [4.78, 5) is 23.5. The molecule has 1 saturated heterocycles. The number of nitrogens with zero attached hydrogens (tertiary/aromatic N) is 3. The van der Waals surface area contributed by atoms with E-state index in [4.69, 9.17) is 5.73 Å². The lowest BCUT2D eigenvalue weighted by molar-refractivity contribution is 0.0732. The molecule has 142 valence electrons. The zero-order valence-electron chi connectivity index (χ0n) is 16.0. The van der Waals surface area contributed by atoms with Gasteiger partial charge in [-0.05, 0) is 55.5 Å². The molecule has 2 N–H and O–H groups in total. The van der Waals surface area contributed by atoms with E-state index in [1.807, 2.05) is 11.1 Å². The summed E-state index contributed by atoms with van der Waals surface area (Å²) < 4.78 is 0. The molecule has 1 amide bonds. The standard InChI is InChI=1S/C23H24N4O/c1-16-4-6-17(7-5-16)13-18-8-10-20(25-14-18)21-3-2-12-27(21)23(28)19-9-11-22(24)26-15-19/h4-11,14-15,21H,2-3,12-13H2,1H3,(H2,24,26)/t21-/m0/s1. The van der Waals surface area contributed by atoms with Gasteiger partial charge in [-0.15, -0.1) is 0 Å². The Kier molecular flexibility index (Phi) is 5.06. The molecule has 2 aromatic heterocycles. The highest BCUT2D eigenvalue weighted by Crippen LogP contribution is 2.32. The Labute approximate surface area is 165 Å². The van der Waals surface area contributed by atoms with Crippen LogP contribution in [-0.2, 0) is 6.42 Å². The quantitative estimate of drug-likeness (QED) is 0.753. The number of nitrogen functional groups attached to an aromatic ring is 1. The molecule has 0 unspecified atom stereocenters. The fourth-order valence-corrected chi connectivity index (χ4v) is 3.69. The number of likely N-dealkylation sites (tertiary alicyclic amines) is 1. The molecule has 5 heteroatoms. The van der Waals surface area contributed by atoms with Gasteiger partial charge in [-0.3, -0.25) is 9.78 Å². The first kappa shape index (κ1) is 18.2. The third-order valence-corrected chi connectivity index (χ3v) is 5.26. The molecule has 3 heterocycles. The third kappa shape index (κ3) is 3.88. The van der Waals surface area contributed by atoms with E-state index in [-0.39, 0.29) is 11.9 Å². The van der Waals surface area contributed by atoms with E-state index in [1.165, 1.54) is 16.7 Å². The molecule has 1 atom stereocenters. The van der Waals surface area contributed by atoms with Gasteiger partial charge < -0.3 is 10.6 Å². The van der Waals surface area contributed by atoms with E-state index in [0.29, 0.717) is 11.4 Å². The molecular weight excluding hydrogens is 348 g/mol. The van der Waals surface area contributed by atoms with Crippen LogP contribution in [0.4, 0.5) is 5.82 Å². The zero-order chi connectivity index (χ0) is 19.5. The first-order valence-electron chi connectivity index (χ1n) is 9.63. The topological polar surface area (TPSA) is 72.1 Å². The van der Waals surface area contributed by atoms with Crippen LogP contribution in [0.15, 0.2) is 60.9 Å². The summed E-state index contributed by atoms with van der Waals surface area (Å²) in [7, 11) is 0. The van der Waals surface area contributed by atoms with Crippen molar-refractivity contribution in [3.8, 4) is 0 Å². The SMILES string of the molecule is Cc1ccc(Cc2ccc([C@@H]3CCCN3C(=O)c3ccc(N)nc3)nc2)cc1. The summed E-state index contributed by atoms with van der Waals surface area (Å²) in [6.45, 7) is 2.83. The molecule has 1 aliphatic rings. The summed E-state index contributed by atoms with van der Waals surface area (Å²) in [6, 6.07) is 16.2. The third-order valence-electron chi connectivity index (χ3n) is 5.26. The van der Waals surface area contributed by atoms with Gasteiger partial charge in [0.15, 0.2) is 0 Å². The van der Waals surface area contributed by atoms with Crippen LogP contribution in [-0.4, -0.2) is 27.3 Å². The molecule has 5 nitrogen and oxygen atoms in total. The van der Waals surface area contributed by atoms with Gasteiger partial charge in [-0.25, -0.2) is 4.98 Å². The van der Waals surface area contributed by atoms with Gasteiger partial charge in [0.2, 0.25) is 0 Å². The maximum Gasteiger partial charge on any atom is 0.255 e. The predicted octanol–water partition coefficient (Wildman–Crippen LogP) is 3.94. The second kappa shape index (κ2) is 7.80. The number of hydrogen-bond donors (Lipinski definition) is 1. The van der Waals surface area contributed by atoms with E-state index in [0.717, 1.165) is 31.5 Å². The van der Waals surface area contributed by atoms with Crippen molar-refractivity contribution in [1.29, 1.82) is 0 Å². The lowest BCUT2D eigenvalue weighted by Gasteiger charge is -2.24. The molecule has 0 radical (unpaired) electrons. The number of aryl methyl sites for hydroxylation is 1. The number of carbonyl (C=O) groups excluding carboxylic acids is 1. The number of rotatable bonds is 4. The van der Waals surface area contributed by atoms with Crippen molar-refractivity contribution in [1.82, 2.24) is 14.9 Å². The Morgan fingerprint density at radius 1 is 1.04 bits per heavy atom. The molecule has 0 spiro atoms. The van der Waals surface area contributed by atoms with Crippen molar-refractivity contribution in [3.05, 3.63) is 88.9 Å². The zero-order valence-corrected chi connectivity index (χ0v) is 16.0. The van der Waals surface area contributed by atoms with Crippen molar-refractivity contribution < 1.29 is 4.79 Å². The normalized spacial score (nSPS) is 16.3. The van der Waals surface area contributed by atoms with Gasteiger partial charge in [0, 0.05) is 18.9 Å². The van der Waals surface area contributed by atoms with E-state index in [2.05, 4.69) is 53.3 Å². The molecule has 1 aliphatic heterocycles. The van der Waals surface area contributed by atoms with Crippen LogP contribution in [0.1, 0.15) is 51.6 Å². The Morgan fingerprint density at radius 2 is 1.82 bits per heavy atom. The van der Waals surface area contributed by atoms with Gasteiger partial charge in [0.1, 0.15) is 5.82 Å². The summed E-state index contributed by atoms with van der Waals surface area (Å²) in [6.07, 6.45) is 6.24. The van der Waals surface area contributed by atoms with Gasteiger partial charge in [-0.2, -0.15) is 0 Å². The number of amides is 1. The predicted molar refractivity (Wildman–Crippen MR) is 110 cm³/mol. The number of benzene rings is 1. The number of nitrogens with two attached hydrogens (primary N) is 1. The average Bonchev–Trinajstić information content (AvgIpc) is 3.20. The summed E-state index contributed by atoms with van der Waals surface area (Å²) >= 11 is 0. The minimum absolute atomic E-state index is 0.0125. The van der Waals surface area contributed by atoms with Gasteiger partial charge in [-0.1, -0.05) is 35.9 Å². The monoisotopic (exact) mass is 372 g/mol. The van der Waals surface area contributed by atoms with Gasteiger partial charge in [0.05, 0.1) is 17.3 Å². The molecule has 4 rings (SSSR count). The molecule has 1 fully saturated rings. The molecule has 0 saturated carbocycles. The van der Waals surface area contributed by atoms with Crippen LogP contribution in [0, 0.1) is 6.92 Å². The summed E-state index contributed by atoms with van der Waals surface area (Å²) in [5.41, 5.74) is 10.9. The minimum Gasteiger partial charge on any atom is -0.384 e. The van der Waals surface area contributed by atoms with Gasteiger partial charge >= 0.3 is 0 Å². The minimum atomic E-state index is -0.0134. The summed E-state index contributed by atoms with van der Waals surface area (Å²) in [5, 5.41) is 0. The van der Waals surface area contributed by atoms with E-state index < -0.39 is 0 Å². The lowest BCUT2D eigenvalue weighted by Crippen LogP contribution is -2.31. The van der Waals surface area contributed by atoms with Crippen molar-refractivity contribution in [2.24, 2.45) is 0 Å². The smallest absolute Gasteiger partial charge is 0.255 e. The van der Waals surface area contributed by atoms with Crippen molar-refractivity contribution >= 4 is 11.7 Å². The fraction of sp³-hybridized carbons (Fsp3) is 0.261. The largest absolute Gasteiger partial charge is 0.384 e. The Morgan fingerprint density at radius 3 is 2.50 bits per heavy atom. The first-order chi connectivity index (χ1) is 13.6. The van der Waals surface area contributed by atoms with Gasteiger partial charge in [0.25, 0.3) is 5.91 Å². The highest BCUT2D eigenvalue weighted by Gasteiger charge is 2.31. The number of hydrogen-bond acceptors (Lipinski definition) is 4. The Hall–Kier alpha value is -3.21. The second-order valence-electron chi connectivity index (χ2n) is 7.38. The summed E-state index contributed by atoms with van der Waals surface area (Å²) in [5.74, 6) is 0.404. The maximum atomic E-state index is 12.9. The molecule has 3 aromatic rings.